The van der Waals surface area contributed by atoms with Gasteiger partial charge in [-0.2, -0.15) is 0 Å². The standard InChI is InChI=1S/C15H16FNS/c1-10-2-6-13(14(16)8-10)15-7-5-12(18-15)9-17-11-3-4-11/h2,5-8,11,17H,3-4,9H2,1H3. The van der Waals surface area contributed by atoms with Crippen molar-refractivity contribution in [2.45, 2.75) is 32.4 Å². The fourth-order valence-electron chi connectivity index (χ4n) is 1.97. The lowest BCUT2D eigenvalue weighted by atomic mass is 10.1. The van der Waals surface area contributed by atoms with Crippen molar-refractivity contribution in [2.24, 2.45) is 0 Å². The summed E-state index contributed by atoms with van der Waals surface area (Å²) in [5, 5.41) is 3.48. The van der Waals surface area contributed by atoms with Gasteiger partial charge in [0, 0.05) is 27.9 Å². The number of hydrogen-bond donors (Lipinski definition) is 1. The molecule has 1 saturated carbocycles. The normalized spacial score (nSPS) is 15.0. The van der Waals surface area contributed by atoms with Gasteiger partial charge < -0.3 is 5.32 Å². The number of aryl methyl sites for hydroxylation is 1. The van der Waals surface area contributed by atoms with Crippen molar-refractivity contribution < 1.29 is 4.39 Å². The monoisotopic (exact) mass is 261 g/mol. The fraction of sp³-hybridized carbons (Fsp3) is 0.333. The zero-order valence-corrected chi connectivity index (χ0v) is 11.2. The minimum atomic E-state index is -0.126. The summed E-state index contributed by atoms with van der Waals surface area (Å²) in [6.45, 7) is 2.81. The lowest BCUT2D eigenvalue weighted by Crippen LogP contribution is -2.14. The third-order valence-electron chi connectivity index (χ3n) is 3.19. The van der Waals surface area contributed by atoms with Crippen molar-refractivity contribution in [2.75, 3.05) is 0 Å². The van der Waals surface area contributed by atoms with E-state index in [1.165, 1.54) is 17.7 Å². The first-order valence-electron chi connectivity index (χ1n) is 6.31. The Labute approximate surface area is 111 Å². The zero-order chi connectivity index (χ0) is 12.5. The predicted molar refractivity (Wildman–Crippen MR) is 74.3 cm³/mol. The number of benzene rings is 1. The zero-order valence-electron chi connectivity index (χ0n) is 10.4. The molecule has 0 bridgehead atoms. The van der Waals surface area contributed by atoms with Crippen molar-refractivity contribution in [3.8, 4) is 10.4 Å². The molecule has 1 nitrogen and oxygen atoms in total. The van der Waals surface area contributed by atoms with Gasteiger partial charge in [0.1, 0.15) is 5.82 Å². The Kier molecular flexibility index (Phi) is 3.18. The Bertz CT molecular complexity index is 557. The molecule has 3 heteroatoms. The third-order valence-corrected chi connectivity index (χ3v) is 4.31. The summed E-state index contributed by atoms with van der Waals surface area (Å²) >= 11 is 1.67. The molecule has 0 aliphatic heterocycles. The Morgan fingerprint density at radius 1 is 1.28 bits per heavy atom. The van der Waals surface area contributed by atoms with Crippen molar-refractivity contribution in [3.63, 3.8) is 0 Å². The van der Waals surface area contributed by atoms with E-state index in [0.29, 0.717) is 11.6 Å². The SMILES string of the molecule is Cc1ccc(-c2ccc(CNC3CC3)s2)c(F)c1. The molecule has 1 N–H and O–H groups in total. The summed E-state index contributed by atoms with van der Waals surface area (Å²) in [7, 11) is 0. The highest BCUT2D eigenvalue weighted by Gasteiger charge is 2.20. The number of nitrogens with one attached hydrogen (secondary N) is 1. The van der Waals surface area contributed by atoms with E-state index in [9.17, 15) is 4.39 Å². The van der Waals surface area contributed by atoms with E-state index in [1.807, 2.05) is 25.1 Å². The molecule has 1 fully saturated rings. The highest BCUT2D eigenvalue weighted by Crippen LogP contribution is 2.31. The molecular weight excluding hydrogens is 245 g/mol. The van der Waals surface area contributed by atoms with Gasteiger partial charge in [-0.1, -0.05) is 12.1 Å². The van der Waals surface area contributed by atoms with E-state index in [1.54, 1.807) is 17.4 Å². The summed E-state index contributed by atoms with van der Waals surface area (Å²) in [5.74, 6) is -0.126. The van der Waals surface area contributed by atoms with Crippen molar-refractivity contribution >= 4 is 11.3 Å². The summed E-state index contributed by atoms with van der Waals surface area (Å²) in [6.07, 6.45) is 2.59. The minimum Gasteiger partial charge on any atom is -0.309 e. The van der Waals surface area contributed by atoms with Gasteiger partial charge in [-0.05, 0) is 43.5 Å². The van der Waals surface area contributed by atoms with Crippen LogP contribution in [0.15, 0.2) is 30.3 Å². The van der Waals surface area contributed by atoms with Crippen LogP contribution < -0.4 is 5.32 Å². The molecule has 3 rings (SSSR count). The topological polar surface area (TPSA) is 12.0 Å². The molecule has 1 heterocycles. The van der Waals surface area contributed by atoms with Crippen LogP contribution >= 0.6 is 11.3 Å². The Morgan fingerprint density at radius 2 is 2.11 bits per heavy atom. The van der Waals surface area contributed by atoms with Crippen LogP contribution in [0.5, 0.6) is 0 Å². The molecule has 1 aromatic carbocycles. The van der Waals surface area contributed by atoms with Gasteiger partial charge in [0.15, 0.2) is 0 Å². The van der Waals surface area contributed by atoms with E-state index in [-0.39, 0.29) is 5.82 Å². The Morgan fingerprint density at radius 3 is 2.83 bits per heavy atom. The van der Waals surface area contributed by atoms with Crippen LogP contribution in [0.3, 0.4) is 0 Å². The first kappa shape index (κ1) is 11.9. The summed E-state index contributed by atoms with van der Waals surface area (Å²) < 4.78 is 13.9. The average molecular weight is 261 g/mol. The molecule has 1 aliphatic carbocycles. The van der Waals surface area contributed by atoms with Crippen LogP contribution in [0.4, 0.5) is 4.39 Å². The molecule has 0 amide bonds. The van der Waals surface area contributed by atoms with E-state index in [4.69, 9.17) is 0 Å². The van der Waals surface area contributed by atoms with E-state index in [0.717, 1.165) is 17.0 Å². The minimum absolute atomic E-state index is 0.126. The quantitative estimate of drug-likeness (QED) is 0.873. The van der Waals surface area contributed by atoms with Gasteiger partial charge in [-0.15, -0.1) is 11.3 Å². The van der Waals surface area contributed by atoms with Gasteiger partial charge in [0.2, 0.25) is 0 Å². The second-order valence-corrected chi connectivity index (χ2v) is 6.07. The molecule has 0 saturated heterocycles. The number of rotatable bonds is 4. The van der Waals surface area contributed by atoms with Gasteiger partial charge in [-0.3, -0.25) is 0 Å². The maximum atomic E-state index is 13.9. The molecule has 1 aromatic heterocycles. The average Bonchev–Trinajstić information content (AvgIpc) is 3.05. The molecule has 0 unspecified atom stereocenters. The lowest BCUT2D eigenvalue weighted by molar-refractivity contribution is 0.630. The lowest BCUT2D eigenvalue weighted by Gasteiger charge is -2.01. The van der Waals surface area contributed by atoms with Crippen LogP contribution in [-0.2, 0) is 6.54 Å². The fourth-order valence-corrected chi connectivity index (χ4v) is 2.96. The summed E-state index contributed by atoms with van der Waals surface area (Å²) in [6, 6.07) is 10.2. The molecule has 1 aliphatic rings. The molecule has 0 radical (unpaired) electrons. The van der Waals surface area contributed by atoms with Crippen LogP contribution in [0.1, 0.15) is 23.3 Å². The third kappa shape index (κ3) is 2.62. The van der Waals surface area contributed by atoms with Gasteiger partial charge in [0.25, 0.3) is 0 Å². The predicted octanol–water partition coefficient (Wildman–Crippen LogP) is 4.11. The number of halogens is 1. The van der Waals surface area contributed by atoms with Crippen LogP contribution in [0.2, 0.25) is 0 Å². The maximum Gasteiger partial charge on any atom is 0.132 e. The number of hydrogen-bond acceptors (Lipinski definition) is 2. The first-order valence-corrected chi connectivity index (χ1v) is 7.12. The van der Waals surface area contributed by atoms with Crippen LogP contribution in [0.25, 0.3) is 10.4 Å². The smallest absolute Gasteiger partial charge is 0.132 e. The van der Waals surface area contributed by atoms with Crippen molar-refractivity contribution in [1.82, 2.24) is 5.32 Å². The van der Waals surface area contributed by atoms with Gasteiger partial charge in [-0.25, -0.2) is 4.39 Å². The first-order chi connectivity index (χ1) is 8.72. The van der Waals surface area contributed by atoms with Crippen molar-refractivity contribution in [1.29, 1.82) is 0 Å². The molecule has 94 valence electrons. The number of thiophene rings is 1. The van der Waals surface area contributed by atoms with E-state index >= 15 is 0 Å². The van der Waals surface area contributed by atoms with Crippen LogP contribution in [-0.4, -0.2) is 6.04 Å². The largest absolute Gasteiger partial charge is 0.309 e. The van der Waals surface area contributed by atoms with Crippen LogP contribution in [0, 0.1) is 12.7 Å². The Balaban J connectivity index is 1.78. The summed E-state index contributed by atoms with van der Waals surface area (Å²) in [5.41, 5.74) is 1.67. The molecule has 18 heavy (non-hydrogen) atoms. The molecule has 0 atom stereocenters. The highest BCUT2D eigenvalue weighted by atomic mass is 32.1. The van der Waals surface area contributed by atoms with E-state index in [2.05, 4.69) is 11.4 Å². The second-order valence-electron chi connectivity index (χ2n) is 4.90. The summed E-state index contributed by atoms with van der Waals surface area (Å²) in [4.78, 5) is 2.29. The van der Waals surface area contributed by atoms with Gasteiger partial charge >= 0.3 is 0 Å². The van der Waals surface area contributed by atoms with E-state index < -0.39 is 0 Å². The van der Waals surface area contributed by atoms with Crippen molar-refractivity contribution in [3.05, 3.63) is 46.6 Å². The molecule has 2 aromatic rings. The van der Waals surface area contributed by atoms with Gasteiger partial charge in [0.05, 0.1) is 0 Å². The molecular formula is C15H16FNS. The Hall–Kier alpha value is -1.19. The highest BCUT2D eigenvalue weighted by molar-refractivity contribution is 7.15. The molecule has 0 spiro atoms. The second kappa shape index (κ2) is 4.82. The maximum absolute atomic E-state index is 13.9.